The fourth-order valence-corrected chi connectivity index (χ4v) is 2.52. The third-order valence-electron chi connectivity index (χ3n) is 3.24. The molecule has 0 saturated heterocycles. The summed E-state index contributed by atoms with van der Waals surface area (Å²) >= 11 is 11.9. The summed E-state index contributed by atoms with van der Waals surface area (Å²) in [5.74, 6) is -0.342. The van der Waals surface area contributed by atoms with Gasteiger partial charge in [0.1, 0.15) is 5.69 Å². The first-order valence-electron chi connectivity index (χ1n) is 7.16. The Balaban J connectivity index is 1.69. The molecule has 4 nitrogen and oxygen atoms in total. The SMILES string of the molecule is O=C(Nc1ccc(Cl)cc1Cl)c1ccc(Nc2ccccc2)cn1. The van der Waals surface area contributed by atoms with Gasteiger partial charge in [0.2, 0.25) is 0 Å². The van der Waals surface area contributed by atoms with E-state index in [4.69, 9.17) is 23.2 Å². The van der Waals surface area contributed by atoms with Gasteiger partial charge in [-0.15, -0.1) is 0 Å². The van der Waals surface area contributed by atoms with Crippen molar-refractivity contribution in [1.82, 2.24) is 4.98 Å². The maximum atomic E-state index is 12.2. The molecule has 1 aromatic heterocycles. The Hall–Kier alpha value is -2.56. The van der Waals surface area contributed by atoms with Crippen molar-refractivity contribution in [3.05, 3.63) is 82.6 Å². The molecular formula is C18H13Cl2N3O. The van der Waals surface area contributed by atoms with Crippen LogP contribution in [0.3, 0.4) is 0 Å². The summed E-state index contributed by atoms with van der Waals surface area (Å²) < 4.78 is 0. The number of carbonyl (C=O) groups excluding carboxylic acids is 1. The summed E-state index contributed by atoms with van der Waals surface area (Å²) in [5, 5.41) is 6.80. The Labute approximate surface area is 149 Å². The standard InChI is InChI=1S/C18H13Cl2N3O/c19-12-6-8-16(15(20)10-12)23-18(24)17-9-7-14(11-21-17)22-13-4-2-1-3-5-13/h1-11,22H,(H,23,24). The van der Waals surface area contributed by atoms with Crippen molar-refractivity contribution in [2.75, 3.05) is 10.6 Å². The molecule has 6 heteroatoms. The van der Waals surface area contributed by atoms with Gasteiger partial charge in [-0.2, -0.15) is 0 Å². The summed E-state index contributed by atoms with van der Waals surface area (Å²) in [5.41, 5.74) is 2.52. The van der Waals surface area contributed by atoms with Crippen molar-refractivity contribution in [2.45, 2.75) is 0 Å². The first-order chi connectivity index (χ1) is 11.6. The van der Waals surface area contributed by atoms with Gasteiger partial charge < -0.3 is 10.6 Å². The number of hydrogen-bond acceptors (Lipinski definition) is 3. The number of rotatable bonds is 4. The zero-order valence-corrected chi connectivity index (χ0v) is 14.0. The number of hydrogen-bond donors (Lipinski definition) is 2. The zero-order chi connectivity index (χ0) is 16.9. The summed E-state index contributed by atoms with van der Waals surface area (Å²) in [6, 6.07) is 18.0. The first-order valence-corrected chi connectivity index (χ1v) is 7.92. The van der Waals surface area contributed by atoms with Crippen LogP contribution in [0.4, 0.5) is 17.1 Å². The number of aromatic nitrogens is 1. The third-order valence-corrected chi connectivity index (χ3v) is 3.79. The van der Waals surface area contributed by atoms with Crippen molar-refractivity contribution in [2.24, 2.45) is 0 Å². The number of benzene rings is 2. The second-order valence-electron chi connectivity index (χ2n) is 5.00. The highest BCUT2D eigenvalue weighted by molar-refractivity contribution is 6.36. The summed E-state index contributed by atoms with van der Waals surface area (Å²) in [6.45, 7) is 0. The van der Waals surface area contributed by atoms with Gasteiger partial charge in [-0.25, -0.2) is 4.98 Å². The van der Waals surface area contributed by atoms with E-state index in [-0.39, 0.29) is 5.91 Å². The van der Waals surface area contributed by atoms with E-state index in [0.29, 0.717) is 21.4 Å². The van der Waals surface area contributed by atoms with Crippen LogP contribution < -0.4 is 10.6 Å². The number of nitrogens with zero attached hydrogens (tertiary/aromatic N) is 1. The highest BCUT2D eigenvalue weighted by Gasteiger charge is 2.10. The molecule has 0 unspecified atom stereocenters. The van der Waals surface area contributed by atoms with Crippen LogP contribution in [0.5, 0.6) is 0 Å². The van der Waals surface area contributed by atoms with E-state index >= 15 is 0 Å². The van der Waals surface area contributed by atoms with E-state index in [1.54, 1.807) is 36.5 Å². The Kier molecular flexibility index (Phi) is 4.99. The Morgan fingerprint density at radius 3 is 2.38 bits per heavy atom. The van der Waals surface area contributed by atoms with Crippen molar-refractivity contribution in [1.29, 1.82) is 0 Å². The molecule has 0 saturated carbocycles. The van der Waals surface area contributed by atoms with Crippen molar-refractivity contribution < 1.29 is 4.79 Å². The highest BCUT2D eigenvalue weighted by atomic mass is 35.5. The smallest absolute Gasteiger partial charge is 0.274 e. The minimum absolute atomic E-state index is 0.291. The summed E-state index contributed by atoms with van der Waals surface area (Å²) in [6.07, 6.45) is 1.60. The lowest BCUT2D eigenvalue weighted by atomic mass is 10.2. The quantitative estimate of drug-likeness (QED) is 0.658. The van der Waals surface area contributed by atoms with Crippen LogP contribution in [0.1, 0.15) is 10.5 Å². The molecule has 1 amide bonds. The van der Waals surface area contributed by atoms with Crippen LogP contribution in [0.15, 0.2) is 66.9 Å². The lowest BCUT2D eigenvalue weighted by molar-refractivity contribution is 0.102. The molecule has 0 radical (unpaired) electrons. The molecular weight excluding hydrogens is 345 g/mol. The van der Waals surface area contributed by atoms with E-state index in [1.165, 1.54) is 0 Å². The van der Waals surface area contributed by atoms with Gasteiger partial charge in [0, 0.05) is 10.7 Å². The number of nitrogens with one attached hydrogen (secondary N) is 2. The molecule has 0 atom stereocenters. The van der Waals surface area contributed by atoms with Gasteiger partial charge in [0.25, 0.3) is 5.91 Å². The van der Waals surface area contributed by atoms with E-state index < -0.39 is 0 Å². The van der Waals surface area contributed by atoms with Gasteiger partial charge in [-0.05, 0) is 42.5 Å². The largest absolute Gasteiger partial charge is 0.354 e. The van der Waals surface area contributed by atoms with Crippen LogP contribution >= 0.6 is 23.2 Å². The minimum Gasteiger partial charge on any atom is -0.354 e. The zero-order valence-electron chi connectivity index (χ0n) is 12.5. The molecule has 3 aromatic rings. The Morgan fingerprint density at radius 2 is 1.71 bits per heavy atom. The van der Waals surface area contributed by atoms with Gasteiger partial charge in [-0.1, -0.05) is 41.4 Å². The lowest BCUT2D eigenvalue weighted by Gasteiger charge is -2.08. The van der Waals surface area contributed by atoms with Crippen molar-refractivity contribution >= 4 is 46.2 Å². The molecule has 24 heavy (non-hydrogen) atoms. The van der Waals surface area contributed by atoms with Gasteiger partial charge >= 0.3 is 0 Å². The minimum atomic E-state index is -0.342. The number of amides is 1. The normalized spacial score (nSPS) is 10.2. The molecule has 0 bridgehead atoms. The molecule has 2 aromatic carbocycles. The molecule has 0 spiro atoms. The van der Waals surface area contributed by atoms with Crippen LogP contribution in [0, 0.1) is 0 Å². The molecule has 3 rings (SSSR count). The van der Waals surface area contributed by atoms with Gasteiger partial charge in [-0.3, -0.25) is 4.79 Å². The maximum Gasteiger partial charge on any atom is 0.274 e. The number of halogens is 2. The van der Waals surface area contributed by atoms with Crippen LogP contribution in [0.2, 0.25) is 10.0 Å². The van der Waals surface area contributed by atoms with E-state index in [9.17, 15) is 4.79 Å². The van der Waals surface area contributed by atoms with Gasteiger partial charge in [0.15, 0.2) is 0 Å². The molecule has 0 aliphatic heterocycles. The summed E-state index contributed by atoms with van der Waals surface area (Å²) in [4.78, 5) is 16.4. The van der Waals surface area contributed by atoms with E-state index in [0.717, 1.165) is 11.4 Å². The summed E-state index contributed by atoms with van der Waals surface area (Å²) in [7, 11) is 0. The molecule has 0 fully saturated rings. The topological polar surface area (TPSA) is 54.0 Å². The molecule has 0 aliphatic carbocycles. The number of para-hydroxylation sites is 1. The van der Waals surface area contributed by atoms with Crippen LogP contribution in [0.25, 0.3) is 0 Å². The first kappa shape index (κ1) is 16.3. The van der Waals surface area contributed by atoms with Crippen molar-refractivity contribution in [3.8, 4) is 0 Å². The monoisotopic (exact) mass is 357 g/mol. The molecule has 120 valence electrons. The second kappa shape index (κ2) is 7.34. The molecule has 1 heterocycles. The average molecular weight is 358 g/mol. The fourth-order valence-electron chi connectivity index (χ4n) is 2.07. The van der Waals surface area contributed by atoms with Crippen LogP contribution in [-0.2, 0) is 0 Å². The molecule has 0 aliphatic rings. The third kappa shape index (κ3) is 4.04. The predicted octanol–water partition coefficient (Wildman–Crippen LogP) is 5.38. The number of carbonyl (C=O) groups is 1. The van der Waals surface area contributed by atoms with Crippen molar-refractivity contribution in [3.63, 3.8) is 0 Å². The second-order valence-corrected chi connectivity index (χ2v) is 5.85. The van der Waals surface area contributed by atoms with E-state index in [1.807, 2.05) is 30.3 Å². The average Bonchev–Trinajstić information content (AvgIpc) is 2.59. The lowest BCUT2D eigenvalue weighted by Crippen LogP contribution is -2.13. The molecule has 2 N–H and O–H groups in total. The van der Waals surface area contributed by atoms with E-state index in [2.05, 4.69) is 15.6 Å². The number of anilines is 3. The maximum absolute atomic E-state index is 12.2. The van der Waals surface area contributed by atoms with Gasteiger partial charge in [0.05, 0.1) is 22.6 Å². The van der Waals surface area contributed by atoms with Crippen LogP contribution in [-0.4, -0.2) is 10.9 Å². The fraction of sp³-hybridized carbons (Fsp3) is 0. The highest BCUT2D eigenvalue weighted by Crippen LogP contribution is 2.25. The Morgan fingerprint density at radius 1 is 0.917 bits per heavy atom. The number of pyridine rings is 1. The Bertz CT molecular complexity index is 852. The predicted molar refractivity (Wildman–Crippen MR) is 98.4 cm³/mol.